The third-order valence-corrected chi connectivity index (χ3v) is 3.43. The second kappa shape index (κ2) is 5.53. The van der Waals surface area contributed by atoms with Gasteiger partial charge in [-0.25, -0.2) is 0 Å². The lowest BCUT2D eigenvalue weighted by Crippen LogP contribution is -2.00. The molecule has 4 heteroatoms. The van der Waals surface area contributed by atoms with E-state index in [0.717, 1.165) is 27.2 Å². The van der Waals surface area contributed by atoms with Crippen LogP contribution in [0.5, 0.6) is 5.75 Å². The van der Waals surface area contributed by atoms with Gasteiger partial charge in [-0.05, 0) is 49.2 Å². The van der Waals surface area contributed by atoms with Crippen molar-refractivity contribution in [3.05, 3.63) is 45.9 Å². The number of hydrogen-bond acceptors (Lipinski definition) is 3. The Kier molecular flexibility index (Phi) is 4.00. The van der Waals surface area contributed by atoms with Crippen molar-refractivity contribution in [1.29, 1.82) is 0 Å². The molecule has 2 aromatic carbocycles. The SMILES string of the molecule is COc1cc(C)cc(C)c1Nc1ccc(Br)cc1N. The Bertz CT molecular complexity index is 611. The van der Waals surface area contributed by atoms with Gasteiger partial charge in [-0.3, -0.25) is 0 Å². The fraction of sp³-hybridized carbons (Fsp3) is 0.200. The largest absolute Gasteiger partial charge is 0.495 e. The molecule has 3 N–H and O–H groups in total. The number of rotatable bonds is 3. The monoisotopic (exact) mass is 320 g/mol. The topological polar surface area (TPSA) is 47.3 Å². The van der Waals surface area contributed by atoms with Crippen molar-refractivity contribution in [2.45, 2.75) is 13.8 Å². The number of ether oxygens (including phenoxy) is 1. The molecule has 0 aliphatic rings. The van der Waals surface area contributed by atoms with Gasteiger partial charge in [0, 0.05) is 4.47 Å². The molecule has 0 aromatic heterocycles. The molecule has 0 radical (unpaired) electrons. The lowest BCUT2D eigenvalue weighted by molar-refractivity contribution is 0.416. The summed E-state index contributed by atoms with van der Waals surface area (Å²) in [5.41, 5.74) is 10.8. The van der Waals surface area contributed by atoms with Crippen molar-refractivity contribution in [3.63, 3.8) is 0 Å². The Labute approximate surface area is 121 Å². The maximum absolute atomic E-state index is 6.01. The zero-order chi connectivity index (χ0) is 14.0. The minimum absolute atomic E-state index is 0.691. The predicted octanol–water partition coefficient (Wildman–Crippen LogP) is 4.40. The second-order valence-electron chi connectivity index (χ2n) is 4.52. The number of nitrogens with two attached hydrogens (primary N) is 1. The predicted molar refractivity (Wildman–Crippen MR) is 84.3 cm³/mol. The number of anilines is 3. The molecule has 19 heavy (non-hydrogen) atoms. The Balaban J connectivity index is 2.43. The van der Waals surface area contributed by atoms with Crippen LogP contribution in [0, 0.1) is 13.8 Å². The molecule has 0 fully saturated rings. The van der Waals surface area contributed by atoms with E-state index < -0.39 is 0 Å². The van der Waals surface area contributed by atoms with Gasteiger partial charge in [0.25, 0.3) is 0 Å². The van der Waals surface area contributed by atoms with Crippen LogP contribution in [0.25, 0.3) is 0 Å². The van der Waals surface area contributed by atoms with Crippen LogP contribution in [0.3, 0.4) is 0 Å². The summed E-state index contributed by atoms with van der Waals surface area (Å²) in [6.45, 7) is 4.10. The molecular formula is C15H17BrN2O. The lowest BCUT2D eigenvalue weighted by atomic mass is 10.1. The zero-order valence-electron chi connectivity index (χ0n) is 11.3. The third-order valence-electron chi connectivity index (χ3n) is 2.94. The van der Waals surface area contributed by atoms with Crippen LogP contribution in [-0.4, -0.2) is 7.11 Å². The number of nitrogen functional groups attached to an aromatic ring is 1. The molecule has 0 aliphatic carbocycles. The summed E-state index contributed by atoms with van der Waals surface area (Å²) in [5.74, 6) is 0.819. The summed E-state index contributed by atoms with van der Waals surface area (Å²) in [5, 5.41) is 3.34. The van der Waals surface area contributed by atoms with Crippen molar-refractivity contribution in [2.24, 2.45) is 0 Å². The van der Waals surface area contributed by atoms with E-state index in [-0.39, 0.29) is 0 Å². The highest BCUT2D eigenvalue weighted by molar-refractivity contribution is 9.10. The van der Waals surface area contributed by atoms with E-state index in [2.05, 4.69) is 27.3 Å². The summed E-state index contributed by atoms with van der Waals surface area (Å²) < 4.78 is 6.39. The van der Waals surface area contributed by atoms with Crippen molar-refractivity contribution in [2.75, 3.05) is 18.2 Å². The van der Waals surface area contributed by atoms with Gasteiger partial charge in [0.05, 0.1) is 24.2 Å². The van der Waals surface area contributed by atoms with Gasteiger partial charge in [0.2, 0.25) is 0 Å². The number of methoxy groups -OCH3 is 1. The van der Waals surface area contributed by atoms with Crippen molar-refractivity contribution in [1.82, 2.24) is 0 Å². The van der Waals surface area contributed by atoms with E-state index >= 15 is 0 Å². The maximum Gasteiger partial charge on any atom is 0.142 e. The molecule has 0 heterocycles. The minimum Gasteiger partial charge on any atom is -0.495 e. The number of benzene rings is 2. The second-order valence-corrected chi connectivity index (χ2v) is 5.43. The summed E-state index contributed by atoms with van der Waals surface area (Å²) in [6, 6.07) is 9.88. The summed E-state index contributed by atoms with van der Waals surface area (Å²) in [6.07, 6.45) is 0. The molecule has 0 unspecified atom stereocenters. The fourth-order valence-electron chi connectivity index (χ4n) is 2.03. The van der Waals surface area contributed by atoms with Gasteiger partial charge in [0.15, 0.2) is 0 Å². The molecule has 0 amide bonds. The molecule has 2 rings (SSSR count). The molecular weight excluding hydrogens is 304 g/mol. The van der Waals surface area contributed by atoms with E-state index in [9.17, 15) is 0 Å². The fourth-order valence-corrected chi connectivity index (χ4v) is 2.41. The molecule has 0 atom stereocenters. The van der Waals surface area contributed by atoms with Gasteiger partial charge >= 0.3 is 0 Å². The summed E-state index contributed by atoms with van der Waals surface area (Å²) >= 11 is 3.40. The first kappa shape index (κ1) is 13.7. The number of nitrogens with one attached hydrogen (secondary N) is 1. The maximum atomic E-state index is 6.01. The van der Waals surface area contributed by atoms with Crippen LogP contribution in [-0.2, 0) is 0 Å². The van der Waals surface area contributed by atoms with Gasteiger partial charge in [-0.1, -0.05) is 22.0 Å². The minimum atomic E-state index is 0.691. The van der Waals surface area contributed by atoms with E-state index in [0.29, 0.717) is 5.69 Å². The molecule has 0 spiro atoms. The Hall–Kier alpha value is -1.68. The van der Waals surface area contributed by atoms with E-state index in [1.165, 1.54) is 5.56 Å². The van der Waals surface area contributed by atoms with E-state index in [4.69, 9.17) is 10.5 Å². The Morgan fingerprint density at radius 1 is 1.16 bits per heavy atom. The summed E-state index contributed by atoms with van der Waals surface area (Å²) in [4.78, 5) is 0. The number of halogens is 1. The van der Waals surface area contributed by atoms with Crippen LogP contribution < -0.4 is 15.8 Å². The highest BCUT2D eigenvalue weighted by Gasteiger charge is 2.09. The lowest BCUT2D eigenvalue weighted by Gasteiger charge is -2.16. The molecule has 0 bridgehead atoms. The van der Waals surface area contributed by atoms with Crippen LogP contribution >= 0.6 is 15.9 Å². The molecule has 2 aromatic rings. The standard InChI is InChI=1S/C15H17BrN2O/c1-9-6-10(2)15(14(7-9)19-3)18-13-5-4-11(16)8-12(13)17/h4-8,18H,17H2,1-3H3. The molecule has 100 valence electrons. The van der Waals surface area contributed by atoms with Crippen LogP contribution in [0.4, 0.5) is 17.1 Å². The quantitative estimate of drug-likeness (QED) is 0.824. The van der Waals surface area contributed by atoms with Gasteiger partial charge in [0.1, 0.15) is 5.75 Å². The van der Waals surface area contributed by atoms with Crippen LogP contribution in [0.1, 0.15) is 11.1 Å². The van der Waals surface area contributed by atoms with Crippen LogP contribution in [0.15, 0.2) is 34.8 Å². The van der Waals surface area contributed by atoms with Crippen molar-refractivity contribution >= 4 is 33.0 Å². The Morgan fingerprint density at radius 2 is 1.89 bits per heavy atom. The molecule has 3 nitrogen and oxygen atoms in total. The molecule has 0 aliphatic heterocycles. The normalized spacial score (nSPS) is 10.3. The highest BCUT2D eigenvalue weighted by atomic mass is 79.9. The highest BCUT2D eigenvalue weighted by Crippen LogP contribution is 2.34. The van der Waals surface area contributed by atoms with Crippen LogP contribution in [0.2, 0.25) is 0 Å². The average molecular weight is 321 g/mol. The average Bonchev–Trinajstić information content (AvgIpc) is 2.34. The molecule has 0 saturated heterocycles. The Morgan fingerprint density at radius 3 is 2.53 bits per heavy atom. The van der Waals surface area contributed by atoms with Crippen molar-refractivity contribution < 1.29 is 4.74 Å². The van der Waals surface area contributed by atoms with E-state index in [1.54, 1.807) is 7.11 Å². The van der Waals surface area contributed by atoms with Gasteiger partial charge < -0.3 is 15.8 Å². The number of aryl methyl sites for hydroxylation is 2. The van der Waals surface area contributed by atoms with Crippen molar-refractivity contribution in [3.8, 4) is 5.75 Å². The van der Waals surface area contributed by atoms with Gasteiger partial charge in [-0.15, -0.1) is 0 Å². The first-order valence-electron chi connectivity index (χ1n) is 5.98. The summed E-state index contributed by atoms with van der Waals surface area (Å²) in [7, 11) is 1.67. The third kappa shape index (κ3) is 3.01. The number of hydrogen-bond donors (Lipinski definition) is 2. The van der Waals surface area contributed by atoms with E-state index in [1.807, 2.05) is 38.1 Å². The molecule has 0 saturated carbocycles. The zero-order valence-corrected chi connectivity index (χ0v) is 12.8. The van der Waals surface area contributed by atoms with Gasteiger partial charge in [-0.2, -0.15) is 0 Å². The smallest absolute Gasteiger partial charge is 0.142 e. The first-order chi connectivity index (χ1) is 9.01. The first-order valence-corrected chi connectivity index (χ1v) is 6.78.